The van der Waals surface area contributed by atoms with Gasteiger partial charge in [-0.05, 0) is 25.7 Å². The van der Waals surface area contributed by atoms with E-state index in [2.05, 4.69) is 0 Å². The third-order valence-corrected chi connectivity index (χ3v) is 4.71. The van der Waals surface area contributed by atoms with Crippen LogP contribution in [0.3, 0.4) is 0 Å². The molecule has 2 aliphatic rings. The fourth-order valence-electron chi connectivity index (χ4n) is 3.06. The summed E-state index contributed by atoms with van der Waals surface area (Å²) in [6.07, 6.45) is 10.0. The topological polar surface area (TPSA) is 63.6 Å². The molecule has 4 nitrogen and oxygen atoms in total. The second-order valence-electron chi connectivity index (χ2n) is 5.36. The normalized spacial score (nSPS) is 37.8. The Bertz CT molecular complexity index is 414. The smallest absolute Gasteiger partial charge is 0.264 e. The molecule has 2 rings (SSSR count). The van der Waals surface area contributed by atoms with E-state index in [-0.39, 0.29) is 6.61 Å². The van der Waals surface area contributed by atoms with Gasteiger partial charge in [-0.1, -0.05) is 25.0 Å². The average molecular weight is 260 g/mol. The Morgan fingerprint density at radius 3 is 2.59 bits per heavy atom. The maximum absolute atomic E-state index is 11.1. The van der Waals surface area contributed by atoms with E-state index in [1.807, 2.05) is 12.2 Å². The van der Waals surface area contributed by atoms with Gasteiger partial charge in [0.2, 0.25) is 0 Å². The van der Waals surface area contributed by atoms with Gasteiger partial charge in [0, 0.05) is 5.41 Å². The standard InChI is InChI=1S/C12H20O4S/c1-17(14,15)16-10-11-6-2-4-8-12(11,13)9-5-3-7-11/h2,4,13H,3,5-10H2,1H3/t11-,12+/m0/s1. The van der Waals surface area contributed by atoms with Crippen molar-refractivity contribution in [3.05, 3.63) is 12.2 Å². The molecule has 0 amide bonds. The minimum Gasteiger partial charge on any atom is -0.389 e. The SMILES string of the molecule is CS(=O)(=O)OC[C@@]12CC=CC[C@@]1(O)CCCC2. The first kappa shape index (κ1) is 13.1. The molecule has 0 saturated heterocycles. The zero-order chi connectivity index (χ0) is 12.6. The Labute approximate surface area is 103 Å². The Morgan fingerprint density at radius 1 is 1.24 bits per heavy atom. The molecular formula is C12H20O4S. The van der Waals surface area contributed by atoms with Gasteiger partial charge >= 0.3 is 0 Å². The molecule has 1 fully saturated rings. The molecular weight excluding hydrogens is 240 g/mol. The van der Waals surface area contributed by atoms with Crippen molar-refractivity contribution in [2.75, 3.05) is 12.9 Å². The molecule has 0 bridgehead atoms. The molecule has 0 radical (unpaired) electrons. The zero-order valence-electron chi connectivity index (χ0n) is 10.2. The Kier molecular flexibility index (Phi) is 3.36. The predicted octanol–water partition coefficient (Wildman–Crippen LogP) is 1.60. The first-order valence-electron chi connectivity index (χ1n) is 6.09. The zero-order valence-corrected chi connectivity index (χ0v) is 11.0. The van der Waals surface area contributed by atoms with Gasteiger partial charge in [-0.2, -0.15) is 8.42 Å². The van der Waals surface area contributed by atoms with Gasteiger partial charge in [0.25, 0.3) is 10.1 Å². The number of hydrogen-bond acceptors (Lipinski definition) is 4. The lowest BCUT2D eigenvalue weighted by Gasteiger charge is -2.51. The van der Waals surface area contributed by atoms with Crippen LogP contribution in [0.1, 0.15) is 38.5 Å². The van der Waals surface area contributed by atoms with Crippen molar-refractivity contribution in [1.82, 2.24) is 0 Å². The maximum atomic E-state index is 11.1. The van der Waals surface area contributed by atoms with Crippen LogP contribution < -0.4 is 0 Å². The van der Waals surface area contributed by atoms with Crippen LogP contribution in [0.5, 0.6) is 0 Å². The molecule has 2 atom stereocenters. The quantitative estimate of drug-likeness (QED) is 0.618. The van der Waals surface area contributed by atoms with Crippen LogP contribution in [0.15, 0.2) is 12.2 Å². The van der Waals surface area contributed by atoms with Gasteiger partial charge in [-0.25, -0.2) is 0 Å². The fourth-order valence-corrected chi connectivity index (χ4v) is 3.50. The van der Waals surface area contributed by atoms with E-state index in [9.17, 15) is 13.5 Å². The molecule has 17 heavy (non-hydrogen) atoms. The van der Waals surface area contributed by atoms with Gasteiger partial charge in [-0.3, -0.25) is 4.18 Å². The van der Waals surface area contributed by atoms with Crippen molar-refractivity contribution >= 4 is 10.1 Å². The van der Waals surface area contributed by atoms with Crippen LogP contribution in [-0.2, 0) is 14.3 Å². The molecule has 98 valence electrons. The van der Waals surface area contributed by atoms with Crippen molar-refractivity contribution in [3.63, 3.8) is 0 Å². The van der Waals surface area contributed by atoms with E-state index in [4.69, 9.17) is 4.18 Å². The maximum Gasteiger partial charge on any atom is 0.264 e. The fraction of sp³-hybridized carbons (Fsp3) is 0.833. The Hall–Kier alpha value is -0.390. The van der Waals surface area contributed by atoms with Crippen molar-refractivity contribution in [2.24, 2.45) is 5.41 Å². The third kappa shape index (κ3) is 2.56. The highest BCUT2D eigenvalue weighted by atomic mass is 32.2. The van der Waals surface area contributed by atoms with E-state index < -0.39 is 21.1 Å². The van der Waals surface area contributed by atoms with E-state index in [1.165, 1.54) is 0 Å². The third-order valence-electron chi connectivity index (χ3n) is 4.16. The van der Waals surface area contributed by atoms with Crippen LogP contribution in [-0.4, -0.2) is 32.0 Å². The molecule has 0 spiro atoms. The summed E-state index contributed by atoms with van der Waals surface area (Å²) in [5.74, 6) is 0. The van der Waals surface area contributed by atoms with E-state index in [0.717, 1.165) is 31.9 Å². The minimum absolute atomic E-state index is 0.104. The second kappa shape index (κ2) is 4.37. The van der Waals surface area contributed by atoms with Crippen LogP contribution in [0.4, 0.5) is 0 Å². The molecule has 1 saturated carbocycles. The summed E-state index contributed by atoms with van der Waals surface area (Å²) in [4.78, 5) is 0. The summed E-state index contributed by atoms with van der Waals surface area (Å²) >= 11 is 0. The minimum atomic E-state index is -3.44. The molecule has 0 heterocycles. The summed E-state index contributed by atoms with van der Waals surface area (Å²) in [7, 11) is -3.44. The summed E-state index contributed by atoms with van der Waals surface area (Å²) in [5.41, 5.74) is -1.20. The number of aliphatic hydroxyl groups is 1. The monoisotopic (exact) mass is 260 g/mol. The van der Waals surface area contributed by atoms with Gasteiger partial charge < -0.3 is 5.11 Å². The van der Waals surface area contributed by atoms with Crippen LogP contribution >= 0.6 is 0 Å². The van der Waals surface area contributed by atoms with Crippen molar-refractivity contribution < 1.29 is 17.7 Å². The van der Waals surface area contributed by atoms with Crippen molar-refractivity contribution in [3.8, 4) is 0 Å². The van der Waals surface area contributed by atoms with Crippen molar-refractivity contribution in [1.29, 1.82) is 0 Å². The lowest BCUT2D eigenvalue weighted by molar-refractivity contribution is -0.132. The lowest BCUT2D eigenvalue weighted by atomic mass is 9.58. The van der Waals surface area contributed by atoms with Gasteiger partial charge in [-0.15, -0.1) is 0 Å². The highest BCUT2D eigenvalue weighted by Gasteiger charge is 2.52. The molecule has 0 unspecified atom stereocenters. The van der Waals surface area contributed by atoms with Gasteiger partial charge in [0.1, 0.15) is 0 Å². The van der Waals surface area contributed by atoms with Crippen LogP contribution in [0.25, 0.3) is 0 Å². The Morgan fingerprint density at radius 2 is 1.88 bits per heavy atom. The van der Waals surface area contributed by atoms with E-state index >= 15 is 0 Å². The average Bonchev–Trinajstić information content (AvgIpc) is 2.25. The number of rotatable bonds is 3. The van der Waals surface area contributed by atoms with E-state index in [0.29, 0.717) is 12.8 Å². The molecule has 0 aromatic rings. The first-order chi connectivity index (χ1) is 7.87. The van der Waals surface area contributed by atoms with Crippen molar-refractivity contribution in [2.45, 2.75) is 44.1 Å². The largest absolute Gasteiger partial charge is 0.389 e. The molecule has 0 aromatic heterocycles. The molecule has 0 aromatic carbocycles. The van der Waals surface area contributed by atoms with Crippen LogP contribution in [0, 0.1) is 5.41 Å². The first-order valence-corrected chi connectivity index (χ1v) is 7.90. The summed E-state index contributed by atoms with van der Waals surface area (Å²) < 4.78 is 27.2. The highest BCUT2D eigenvalue weighted by molar-refractivity contribution is 7.85. The summed E-state index contributed by atoms with van der Waals surface area (Å²) in [6, 6.07) is 0. The second-order valence-corrected chi connectivity index (χ2v) is 7.01. The summed E-state index contributed by atoms with van der Waals surface area (Å²) in [5, 5.41) is 10.7. The molecule has 0 aliphatic heterocycles. The van der Waals surface area contributed by atoms with Gasteiger partial charge in [0.15, 0.2) is 0 Å². The van der Waals surface area contributed by atoms with E-state index in [1.54, 1.807) is 0 Å². The number of fused-ring (bicyclic) bond motifs is 1. The molecule has 2 aliphatic carbocycles. The molecule has 5 heteroatoms. The molecule has 1 N–H and O–H groups in total. The van der Waals surface area contributed by atoms with Crippen LogP contribution in [0.2, 0.25) is 0 Å². The summed E-state index contributed by atoms with van der Waals surface area (Å²) in [6.45, 7) is 0.104. The Balaban J connectivity index is 2.21. The highest BCUT2D eigenvalue weighted by Crippen LogP contribution is 2.51. The number of hydrogen-bond donors (Lipinski definition) is 1. The number of allylic oxidation sites excluding steroid dienone is 1. The lowest BCUT2D eigenvalue weighted by Crippen LogP contribution is -2.54. The predicted molar refractivity (Wildman–Crippen MR) is 65.0 cm³/mol. The van der Waals surface area contributed by atoms with Gasteiger partial charge in [0.05, 0.1) is 18.5 Å².